The predicted molar refractivity (Wildman–Crippen MR) is 95.7 cm³/mol. The lowest BCUT2D eigenvalue weighted by atomic mass is 10.0. The molecule has 2 saturated carbocycles. The highest BCUT2D eigenvalue weighted by Gasteiger charge is 2.53. The Hall–Kier alpha value is -0.780. The second-order valence-corrected chi connectivity index (χ2v) is 6.02. The lowest BCUT2D eigenvalue weighted by Gasteiger charge is -2.12. The van der Waals surface area contributed by atoms with E-state index in [1.165, 1.54) is 31.2 Å². The molecule has 0 atom stereocenters. The zero-order valence-electron chi connectivity index (χ0n) is 12.1. The molecule has 0 unspecified atom stereocenters. The van der Waals surface area contributed by atoms with Crippen molar-refractivity contribution < 1.29 is 0 Å². The highest BCUT2D eigenvalue weighted by Crippen LogP contribution is 2.61. The van der Waals surface area contributed by atoms with Crippen molar-refractivity contribution in [3.63, 3.8) is 0 Å². The summed E-state index contributed by atoms with van der Waals surface area (Å²) in [5.41, 5.74) is 8.87. The number of aliphatic imine (C=N–C) groups is 1. The highest BCUT2D eigenvalue weighted by molar-refractivity contribution is 14.0. The first-order chi connectivity index (χ1) is 9.22. The maximum Gasteiger partial charge on any atom is 0.193 e. The maximum absolute atomic E-state index is 5.99. The minimum atomic E-state index is 0. The number of guanidine groups is 1. The average Bonchev–Trinajstić information content (AvgIpc) is 3.28. The van der Waals surface area contributed by atoms with Crippen LogP contribution >= 0.6 is 24.0 Å². The van der Waals surface area contributed by atoms with E-state index in [2.05, 4.69) is 35.4 Å². The number of nitrogens with two attached hydrogens (primary N) is 1. The van der Waals surface area contributed by atoms with Crippen LogP contribution in [0.25, 0.3) is 0 Å². The first-order valence-corrected chi connectivity index (χ1v) is 7.38. The fourth-order valence-electron chi connectivity index (χ4n) is 2.85. The van der Waals surface area contributed by atoms with E-state index >= 15 is 0 Å². The molecule has 3 nitrogen and oxygen atoms in total. The summed E-state index contributed by atoms with van der Waals surface area (Å²) in [6.45, 7) is 3.06. The second-order valence-electron chi connectivity index (χ2n) is 6.02. The van der Waals surface area contributed by atoms with Crippen LogP contribution in [-0.2, 0) is 6.42 Å². The predicted octanol–water partition coefficient (Wildman–Crippen LogP) is 3.78. The summed E-state index contributed by atoms with van der Waals surface area (Å²) in [6, 6.07) is 8.36. The lowest BCUT2D eigenvalue weighted by Crippen LogP contribution is -2.24. The Balaban J connectivity index is 0.00000147. The van der Waals surface area contributed by atoms with Crippen LogP contribution in [0.3, 0.4) is 0 Å². The highest BCUT2D eigenvalue weighted by atomic mass is 127. The van der Waals surface area contributed by atoms with Gasteiger partial charge in [0.15, 0.2) is 5.96 Å². The van der Waals surface area contributed by atoms with E-state index in [0.717, 1.165) is 24.6 Å². The summed E-state index contributed by atoms with van der Waals surface area (Å²) in [6.07, 6.45) is 6.54. The van der Waals surface area contributed by atoms with Crippen molar-refractivity contribution in [2.24, 2.45) is 22.1 Å². The van der Waals surface area contributed by atoms with Crippen molar-refractivity contribution in [2.75, 3.05) is 11.9 Å². The molecular weight excluding hydrogens is 361 g/mol. The molecular formula is C16H24IN3. The van der Waals surface area contributed by atoms with Crippen LogP contribution in [0.2, 0.25) is 0 Å². The van der Waals surface area contributed by atoms with E-state index in [1.807, 2.05) is 6.07 Å². The molecule has 0 aliphatic heterocycles. The van der Waals surface area contributed by atoms with E-state index < -0.39 is 0 Å². The second kappa shape index (κ2) is 6.33. The number of nitrogens with one attached hydrogen (secondary N) is 1. The maximum atomic E-state index is 5.99. The SMILES string of the molecule is CCc1cccc(NC(N)=NCC2(C3CC3)CC2)c1.I. The lowest BCUT2D eigenvalue weighted by molar-refractivity contribution is 0.454. The molecule has 3 rings (SSSR count). The van der Waals surface area contributed by atoms with Gasteiger partial charge in [0.25, 0.3) is 0 Å². The Labute approximate surface area is 138 Å². The van der Waals surface area contributed by atoms with Crippen LogP contribution in [-0.4, -0.2) is 12.5 Å². The van der Waals surface area contributed by atoms with Crippen LogP contribution in [0.5, 0.6) is 0 Å². The van der Waals surface area contributed by atoms with Crippen LogP contribution in [0.15, 0.2) is 29.3 Å². The number of hydrogen-bond acceptors (Lipinski definition) is 1. The Kier molecular flexibility index (Phi) is 4.94. The van der Waals surface area contributed by atoms with Gasteiger partial charge in [0, 0.05) is 12.2 Å². The third kappa shape index (κ3) is 3.65. The first kappa shape index (κ1) is 15.6. The molecule has 0 bridgehead atoms. The first-order valence-electron chi connectivity index (χ1n) is 7.38. The Morgan fingerprint density at radius 3 is 2.75 bits per heavy atom. The Morgan fingerprint density at radius 2 is 2.15 bits per heavy atom. The van der Waals surface area contributed by atoms with Gasteiger partial charge in [0.2, 0.25) is 0 Å². The van der Waals surface area contributed by atoms with E-state index in [1.54, 1.807) is 0 Å². The molecule has 0 spiro atoms. The van der Waals surface area contributed by atoms with Crippen LogP contribution in [0.1, 0.15) is 38.2 Å². The van der Waals surface area contributed by atoms with E-state index in [0.29, 0.717) is 11.4 Å². The minimum Gasteiger partial charge on any atom is -0.370 e. The van der Waals surface area contributed by atoms with Gasteiger partial charge in [-0.1, -0.05) is 19.1 Å². The largest absolute Gasteiger partial charge is 0.370 e. The summed E-state index contributed by atoms with van der Waals surface area (Å²) in [5.74, 6) is 1.49. The van der Waals surface area contributed by atoms with Gasteiger partial charge in [-0.05, 0) is 61.1 Å². The summed E-state index contributed by atoms with van der Waals surface area (Å²) >= 11 is 0. The van der Waals surface area contributed by atoms with E-state index in [-0.39, 0.29) is 24.0 Å². The van der Waals surface area contributed by atoms with Gasteiger partial charge in [0.05, 0.1) is 0 Å². The minimum absolute atomic E-state index is 0. The van der Waals surface area contributed by atoms with Gasteiger partial charge >= 0.3 is 0 Å². The molecule has 0 radical (unpaired) electrons. The molecule has 0 aromatic heterocycles. The van der Waals surface area contributed by atoms with Crippen molar-refractivity contribution in [1.29, 1.82) is 0 Å². The van der Waals surface area contributed by atoms with Gasteiger partial charge in [-0.15, -0.1) is 24.0 Å². The van der Waals surface area contributed by atoms with Crippen LogP contribution in [0, 0.1) is 11.3 Å². The summed E-state index contributed by atoms with van der Waals surface area (Å²) in [4.78, 5) is 4.55. The number of anilines is 1. The molecule has 20 heavy (non-hydrogen) atoms. The topological polar surface area (TPSA) is 50.4 Å². The molecule has 0 saturated heterocycles. The number of hydrogen-bond donors (Lipinski definition) is 2. The molecule has 1 aromatic carbocycles. The van der Waals surface area contributed by atoms with Gasteiger partial charge in [-0.25, -0.2) is 0 Å². The van der Waals surface area contributed by atoms with Crippen LogP contribution in [0.4, 0.5) is 5.69 Å². The van der Waals surface area contributed by atoms with E-state index in [4.69, 9.17) is 5.73 Å². The number of aryl methyl sites for hydroxylation is 1. The molecule has 1 aromatic rings. The normalized spacial score (nSPS) is 20.1. The van der Waals surface area contributed by atoms with Gasteiger partial charge in [-0.2, -0.15) is 0 Å². The molecule has 2 aliphatic carbocycles. The van der Waals surface area contributed by atoms with Crippen molar-refractivity contribution >= 4 is 35.6 Å². The summed E-state index contributed by atoms with van der Waals surface area (Å²) < 4.78 is 0. The van der Waals surface area contributed by atoms with Gasteiger partial charge in [-0.3, -0.25) is 4.99 Å². The monoisotopic (exact) mass is 385 g/mol. The van der Waals surface area contributed by atoms with Crippen molar-refractivity contribution in [1.82, 2.24) is 0 Å². The van der Waals surface area contributed by atoms with Crippen molar-refractivity contribution in [3.8, 4) is 0 Å². The van der Waals surface area contributed by atoms with Gasteiger partial charge < -0.3 is 11.1 Å². The third-order valence-corrected chi connectivity index (χ3v) is 4.51. The molecule has 0 heterocycles. The molecule has 110 valence electrons. The Bertz CT molecular complexity index is 490. The van der Waals surface area contributed by atoms with Gasteiger partial charge in [0.1, 0.15) is 0 Å². The smallest absolute Gasteiger partial charge is 0.193 e. The third-order valence-electron chi connectivity index (χ3n) is 4.51. The number of benzene rings is 1. The van der Waals surface area contributed by atoms with Crippen molar-refractivity contribution in [2.45, 2.75) is 39.0 Å². The van der Waals surface area contributed by atoms with Crippen LogP contribution < -0.4 is 11.1 Å². The fourth-order valence-corrected chi connectivity index (χ4v) is 2.85. The molecule has 4 heteroatoms. The average molecular weight is 385 g/mol. The molecule has 3 N–H and O–H groups in total. The molecule has 0 amide bonds. The van der Waals surface area contributed by atoms with Crippen molar-refractivity contribution in [3.05, 3.63) is 29.8 Å². The molecule has 2 aliphatic rings. The number of nitrogens with zero attached hydrogens (tertiary/aromatic N) is 1. The fraction of sp³-hybridized carbons (Fsp3) is 0.562. The summed E-state index contributed by atoms with van der Waals surface area (Å²) in [5, 5.41) is 3.20. The zero-order chi connectivity index (χ0) is 13.3. The van der Waals surface area contributed by atoms with E-state index in [9.17, 15) is 0 Å². The number of rotatable bonds is 5. The number of halogens is 1. The summed E-state index contributed by atoms with van der Waals surface area (Å²) in [7, 11) is 0. The molecule has 2 fully saturated rings. The standard InChI is InChI=1S/C16H23N3.HI/c1-2-12-4-3-5-14(10-12)19-15(17)18-11-16(8-9-16)13-6-7-13;/h3-5,10,13H,2,6-9,11H2,1H3,(H3,17,18,19);1H. The zero-order valence-corrected chi connectivity index (χ0v) is 14.4. The Morgan fingerprint density at radius 1 is 1.40 bits per heavy atom. The quantitative estimate of drug-likeness (QED) is 0.461.